The van der Waals surface area contributed by atoms with E-state index in [0.29, 0.717) is 70.0 Å². The number of halogens is 3. The molecule has 1 aromatic carbocycles. The summed E-state index contributed by atoms with van der Waals surface area (Å²) in [7, 11) is 6.06. The maximum absolute atomic E-state index is 13.6. The highest BCUT2D eigenvalue weighted by Crippen LogP contribution is 2.36. The lowest BCUT2D eigenvalue weighted by Gasteiger charge is -2.31. The van der Waals surface area contributed by atoms with Gasteiger partial charge in [0.2, 0.25) is 0 Å². The van der Waals surface area contributed by atoms with Crippen molar-refractivity contribution in [3.8, 4) is 0 Å². The van der Waals surface area contributed by atoms with Crippen molar-refractivity contribution in [3.63, 3.8) is 0 Å². The van der Waals surface area contributed by atoms with Gasteiger partial charge in [0.25, 0.3) is 11.8 Å². The zero-order valence-corrected chi connectivity index (χ0v) is 25.6. The molecule has 0 unspecified atom stereocenters. The fourth-order valence-corrected chi connectivity index (χ4v) is 5.71. The third-order valence-electron chi connectivity index (χ3n) is 6.26. The number of thiophene rings is 1. The second kappa shape index (κ2) is 14.0. The maximum Gasteiger partial charge on any atom is 0.267 e. The Balaban J connectivity index is 1.63. The number of rotatable bonds is 10. The lowest BCUT2D eigenvalue weighted by molar-refractivity contribution is 0.102. The van der Waals surface area contributed by atoms with E-state index in [1.54, 1.807) is 18.2 Å². The van der Waals surface area contributed by atoms with Crippen LogP contribution >= 0.6 is 46.1 Å². The highest BCUT2D eigenvalue weighted by molar-refractivity contribution is 7.13. The highest BCUT2D eigenvalue weighted by Gasteiger charge is 2.26. The monoisotopic (exact) mass is 624 g/mol. The summed E-state index contributed by atoms with van der Waals surface area (Å²) in [6, 6.07) is 6.47. The van der Waals surface area contributed by atoms with Gasteiger partial charge in [0, 0.05) is 43.9 Å². The van der Waals surface area contributed by atoms with Crippen LogP contribution in [0.3, 0.4) is 0 Å². The molecule has 3 aromatic rings. The van der Waals surface area contributed by atoms with Gasteiger partial charge in [0.05, 0.1) is 40.2 Å². The van der Waals surface area contributed by atoms with Gasteiger partial charge in [-0.2, -0.15) is 0 Å². The van der Waals surface area contributed by atoms with Crippen molar-refractivity contribution in [1.29, 1.82) is 0 Å². The first-order valence-electron chi connectivity index (χ1n) is 12.6. The molecule has 0 spiro atoms. The Hall–Kier alpha value is -2.44. The van der Waals surface area contributed by atoms with Crippen LogP contribution in [0.1, 0.15) is 25.6 Å². The molecule has 1 saturated heterocycles. The first-order chi connectivity index (χ1) is 19.1. The minimum atomic E-state index is -0.484. The molecule has 1 fully saturated rings. The van der Waals surface area contributed by atoms with Crippen LogP contribution in [0.15, 0.2) is 35.8 Å². The largest absolute Gasteiger partial charge is 0.378 e. The molecule has 214 valence electrons. The van der Waals surface area contributed by atoms with Crippen LogP contribution in [0.25, 0.3) is 0 Å². The van der Waals surface area contributed by atoms with E-state index in [2.05, 4.69) is 25.4 Å². The molecule has 1 aliphatic rings. The van der Waals surface area contributed by atoms with Crippen LogP contribution in [-0.2, 0) is 11.3 Å². The Labute approximate surface area is 253 Å². The number of amides is 2. The maximum atomic E-state index is 13.6. The van der Waals surface area contributed by atoms with Crippen molar-refractivity contribution in [2.45, 2.75) is 6.54 Å². The number of nitrogens with one attached hydrogen (secondary N) is 2. The number of nitrogens with zero attached hydrogens (tertiary/aromatic N) is 4. The van der Waals surface area contributed by atoms with E-state index in [1.165, 1.54) is 23.6 Å². The number of pyridine rings is 1. The number of morpholine rings is 1. The number of aromatic nitrogens is 1. The van der Waals surface area contributed by atoms with Gasteiger partial charge < -0.3 is 30.1 Å². The third-order valence-corrected chi connectivity index (χ3v) is 8.28. The van der Waals surface area contributed by atoms with E-state index in [-0.39, 0.29) is 5.56 Å². The Bertz CT molecular complexity index is 1350. The molecule has 0 bridgehead atoms. The molecular formula is C27H31Cl3N6O3S. The first kappa shape index (κ1) is 30.5. The quantitative estimate of drug-likeness (QED) is 0.310. The van der Waals surface area contributed by atoms with Gasteiger partial charge in [-0.3, -0.25) is 9.59 Å². The van der Waals surface area contributed by atoms with E-state index in [1.807, 2.05) is 31.4 Å². The predicted molar refractivity (Wildman–Crippen MR) is 164 cm³/mol. The predicted octanol–water partition coefficient (Wildman–Crippen LogP) is 5.44. The summed E-state index contributed by atoms with van der Waals surface area (Å²) < 4.78 is 5.51. The van der Waals surface area contributed by atoms with E-state index in [0.717, 1.165) is 18.7 Å². The number of anilines is 3. The van der Waals surface area contributed by atoms with Crippen molar-refractivity contribution >= 4 is 75.1 Å². The van der Waals surface area contributed by atoms with E-state index in [9.17, 15) is 9.59 Å². The molecule has 13 heteroatoms. The van der Waals surface area contributed by atoms with Crippen LogP contribution in [0.4, 0.5) is 17.2 Å². The molecule has 2 aromatic heterocycles. The van der Waals surface area contributed by atoms with Gasteiger partial charge in [-0.15, -0.1) is 11.3 Å². The van der Waals surface area contributed by atoms with Crippen molar-refractivity contribution in [2.24, 2.45) is 0 Å². The standard InChI is InChI=1S/C27H31Cl3N6O3S/c1-34(2)6-7-35(3)15-17-16-40-25(23(17)30)27(38)33-24-20(26(37)32-22-5-4-18(28)14-31-22)12-19(29)13-21(24)36-8-10-39-11-9-36/h4-5,12-14,16H,6-11,15H2,1-3H3,(H,33,38)(H,31,32,37). The number of hydrogen-bond acceptors (Lipinski definition) is 8. The fraction of sp³-hybridized carbons (Fsp3) is 0.370. The van der Waals surface area contributed by atoms with Gasteiger partial charge >= 0.3 is 0 Å². The number of carbonyl (C=O) groups is 2. The number of hydrogen-bond donors (Lipinski definition) is 2. The Morgan fingerprint density at radius 2 is 1.77 bits per heavy atom. The van der Waals surface area contributed by atoms with Crippen molar-refractivity contribution < 1.29 is 14.3 Å². The second-order valence-electron chi connectivity index (χ2n) is 9.66. The summed E-state index contributed by atoms with van der Waals surface area (Å²) in [5.74, 6) is -0.584. The molecule has 3 heterocycles. The molecule has 9 nitrogen and oxygen atoms in total. The molecule has 40 heavy (non-hydrogen) atoms. The number of benzene rings is 1. The van der Waals surface area contributed by atoms with Crippen LogP contribution in [0, 0.1) is 0 Å². The van der Waals surface area contributed by atoms with Gasteiger partial charge in [-0.05, 0) is 56.4 Å². The third kappa shape index (κ3) is 7.85. The summed E-state index contributed by atoms with van der Waals surface area (Å²) in [5.41, 5.74) is 2.01. The normalized spacial score (nSPS) is 13.7. The smallest absolute Gasteiger partial charge is 0.267 e. The average Bonchev–Trinajstić information content (AvgIpc) is 3.29. The summed E-state index contributed by atoms with van der Waals surface area (Å²) in [6.07, 6.45) is 1.44. The van der Waals surface area contributed by atoms with Crippen LogP contribution in [0.5, 0.6) is 0 Å². The molecule has 2 N–H and O–H groups in total. The molecule has 4 rings (SSSR count). The van der Waals surface area contributed by atoms with E-state index in [4.69, 9.17) is 39.5 Å². The molecule has 0 atom stereocenters. The molecule has 0 radical (unpaired) electrons. The highest BCUT2D eigenvalue weighted by atomic mass is 35.5. The Morgan fingerprint density at radius 1 is 1.02 bits per heavy atom. The Kier molecular flexibility index (Phi) is 10.6. The minimum absolute atomic E-state index is 0.190. The second-order valence-corrected chi connectivity index (χ2v) is 11.8. The molecule has 0 saturated carbocycles. The molecule has 0 aliphatic carbocycles. The van der Waals surface area contributed by atoms with Crippen molar-refractivity contribution in [3.05, 3.63) is 66.9 Å². The van der Waals surface area contributed by atoms with Crippen molar-refractivity contribution in [2.75, 3.05) is 76.1 Å². The minimum Gasteiger partial charge on any atom is -0.378 e. The van der Waals surface area contributed by atoms with Crippen LogP contribution in [-0.4, -0.2) is 87.1 Å². The summed E-state index contributed by atoms with van der Waals surface area (Å²) >= 11 is 20.4. The average molecular weight is 626 g/mol. The zero-order valence-electron chi connectivity index (χ0n) is 22.5. The van der Waals surface area contributed by atoms with Gasteiger partial charge in [0.1, 0.15) is 10.7 Å². The summed E-state index contributed by atoms with van der Waals surface area (Å²) in [4.78, 5) is 37.9. The van der Waals surface area contributed by atoms with Gasteiger partial charge in [0.15, 0.2) is 0 Å². The summed E-state index contributed by atoms with van der Waals surface area (Å²) in [5, 5.41) is 8.82. The topological polar surface area (TPSA) is 90.0 Å². The van der Waals surface area contributed by atoms with Crippen LogP contribution < -0.4 is 15.5 Å². The molecule has 1 aliphatic heterocycles. The Morgan fingerprint density at radius 3 is 2.45 bits per heavy atom. The lowest BCUT2D eigenvalue weighted by Crippen LogP contribution is -2.37. The molecular weight excluding hydrogens is 595 g/mol. The van der Waals surface area contributed by atoms with Crippen molar-refractivity contribution in [1.82, 2.24) is 14.8 Å². The first-order valence-corrected chi connectivity index (χ1v) is 14.6. The number of ether oxygens (including phenoxy) is 1. The van der Waals surface area contributed by atoms with Crippen LogP contribution in [0.2, 0.25) is 15.1 Å². The fourth-order valence-electron chi connectivity index (χ4n) is 4.14. The number of likely N-dealkylation sites (N-methyl/N-ethyl adjacent to an activating group) is 2. The zero-order chi connectivity index (χ0) is 28.8. The summed E-state index contributed by atoms with van der Waals surface area (Å²) in [6.45, 7) is 4.55. The van der Waals surface area contributed by atoms with E-state index < -0.39 is 11.8 Å². The SMILES string of the molecule is CN(C)CCN(C)Cc1csc(C(=O)Nc2c(C(=O)Nc3ccc(Cl)cn3)cc(Cl)cc2N2CCOCC2)c1Cl. The van der Waals surface area contributed by atoms with E-state index >= 15 is 0 Å². The lowest BCUT2D eigenvalue weighted by atomic mass is 10.1. The molecule has 2 amide bonds. The number of carbonyl (C=O) groups excluding carboxylic acids is 2. The van der Waals surface area contributed by atoms with Gasteiger partial charge in [-0.1, -0.05) is 34.8 Å². The van der Waals surface area contributed by atoms with Gasteiger partial charge in [-0.25, -0.2) is 4.98 Å².